The molecule has 104 valence electrons. The molecule has 2 N–H and O–H groups in total. The summed E-state index contributed by atoms with van der Waals surface area (Å²) in [5.74, 6) is 0.375. The number of hydrogen-bond acceptors (Lipinski definition) is 3. The van der Waals surface area contributed by atoms with Gasteiger partial charge in [0, 0.05) is 24.1 Å². The summed E-state index contributed by atoms with van der Waals surface area (Å²) < 4.78 is 5.50. The molecule has 1 aromatic carbocycles. The lowest BCUT2D eigenvalue weighted by Crippen LogP contribution is -2.16. The Morgan fingerprint density at radius 2 is 2.16 bits per heavy atom. The standard InChI is InChI=1S/C15H20ClNO2/c1-11(10-18)5-4-8-17-9-13-12-6-2-3-7-14(12)19-15(13)16/h2-3,6-7,11,17-18H,4-5,8-10H2,1H3. The van der Waals surface area contributed by atoms with Crippen LogP contribution in [0.3, 0.4) is 0 Å². The fourth-order valence-corrected chi connectivity index (χ4v) is 2.37. The van der Waals surface area contributed by atoms with E-state index in [1.807, 2.05) is 24.3 Å². The van der Waals surface area contributed by atoms with Crippen LogP contribution in [0, 0.1) is 5.92 Å². The highest BCUT2D eigenvalue weighted by molar-refractivity contribution is 6.30. The lowest BCUT2D eigenvalue weighted by Gasteiger charge is -2.08. The average Bonchev–Trinajstić information content (AvgIpc) is 2.74. The molecule has 19 heavy (non-hydrogen) atoms. The minimum absolute atomic E-state index is 0.262. The highest BCUT2D eigenvalue weighted by Gasteiger charge is 2.11. The molecule has 0 aliphatic rings. The van der Waals surface area contributed by atoms with E-state index in [4.69, 9.17) is 21.1 Å². The van der Waals surface area contributed by atoms with Crippen LogP contribution in [-0.2, 0) is 6.54 Å². The minimum Gasteiger partial charge on any atom is -0.444 e. The number of aliphatic hydroxyl groups is 1. The normalized spacial score (nSPS) is 13.0. The molecule has 0 amide bonds. The molecular weight excluding hydrogens is 262 g/mol. The average molecular weight is 282 g/mol. The van der Waals surface area contributed by atoms with Crippen LogP contribution in [0.4, 0.5) is 0 Å². The molecule has 0 radical (unpaired) electrons. The van der Waals surface area contributed by atoms with Crippen molar-refractivity contribution < 1.29 is 9.52 Å². The monoisotopic (exact) mass is 281 g/mol. The quantitative estimate of drug-likeness (QED) is 0.763. The summed E-state index contributed by atoms with van der Waals surface area (Å²) in [4.78, 5) is 0. The highest BCUT2D eigenvalue weighted by Crippen LogP contribution is 2.29. The molecule has 0 aliphatic carbocycles. The number of hydrogen-bond donors (Lipinski definition) is 2. The fraction of sp³-hybridized carbons (Fsp3) is 0.467. The van der Waals surface area contributed by atoms with E-state index < -0.39 is 0 Å². The zero-order chi connectivity index (χ0) is 13.7. The van der Waals surface area contributed by atoms with Gasteiger partial charge in [-0.2, -0.15) is 0 Å². The Kier molecular flexibility index (Phi) is 5.25. The van der Waals surface area contributed by atoms with E-state index in [-0.39, 0.29) is 6.61 Å². The first-order chi connectivity index (χ1) is 9.22. The molecule has 1 aromatic heterocycles. The van der Waals surface area contributed by atoms with Crippen LogP contribution in [0.2, 0.25) is 5.22 Å². The van der Waals surface area contributed by atoms with Crippen molar-refractivity contribution in [1.82, 2.24) is 5.32 Å². The Balaban J connectivity index is 1.86. The number of halogens is 1. The fourth-order valence-electron chi connectivity index (χ4n) is 2.11. The molecule has 1 unspecified atom stereocenters. The smallest absolute Gasteiger partial charge is 0.199 e. The minimum atomic E-state index is 0.262. The number of fused-ring (bicyclic) bond motifs is 1. The zero-order valence-corrected chi connectivity index (χ0v) is 11.9. The Morgan fingerprint density at radius 3 is 2.95 bits per heavy atom. The molecule has 2 aromatic rings. The first-order valence-electron chi connectivity index (χ1n) is 6.70. The second kappa shape index (κ2) is 6.94. The molecule has 1 heterocycles. The van der Waals surface area contributed by atoms with Crippen molar-refractivity contribution in [3.8, 4) is 0 Å². The SMILES string of the molecule is CC(CO)CCCNCc1c(Cl)oc2ccccc12. The largest absolute Gasteiger partial charge is 0.444 e. The van der Waals surface area contributed by atoms with Gasteiger partial charge in [-0.15, -0.1) is 0 Å². The van der Waals surface area contributed by atoms with Crippen molar-refractivity contribution in [2.45, 2.75) is 26.3 Å². The second-order valence-electron chi connectivity index (χ2n) is 4.96. The van der Waals surface area contributed by atoms with Crippen molar-refractivity contribution in [1.29, 1.82) is 0 Å². The lowest BCUT2D eigenvalue weighted by atomic mass is 10.1. The van der Waals surface area contributed by atoms with E-state index >= 15 is 0 Å². The lowest BCUT2D eigenvalue weighted by molar-refractivity contribution is 0.228. The van der Waals surface area contributed by atoms with Crippen LogP contribution in [0.5, 0.6) is 0 Å². The van der Waals surface area contributed by atoms with Crippen LogP contribution < -0.4 is 5.32 Å². The Labute approximate surface area is 118 Å². The van der Waals surface area contributed by atoms with Crippen molar-refractivity contribution in [2.75, 3.05) is 13.2 Å². The van der Waals surface area contributed by atoms with Crippen molar-refractivity contribution >= 4 is 22.6 Å². The van der Waals surface area contributed by atoms with Crippen LogP contribution in [-0.4, -0.2) is 18.3 Å². The summed E-state index contributed by atoms with van der Waals surface area (Å²) >= 11 is 6.11. The number of nitrogens with one attached hydrogen (secondary N) is 1. The molecule has 2 rings (SSSR count). The third-order valence-electron chi connectivity index (χ3n) is 3.31. The number of para-hydroxylation sites is 1. The summed E-state index contributed by atoms with van der Waals surface area (Å²) in [6, 6.07) is 7.87. The number of benzene rings is 1. The van der Waals surface area contributed by atoms with E-state index in [0.717, 1.165) is 35.9 Å². The molecule has 3 nitrogen and oxygen atoms in total. The van der Waals surface area contributed by atoms with Crippen molar-refractivity contribution in [3.05, 3.63) is 35.0 Å². The van der Waals surface area contributed by atoms with Gasteiger partial charge in [0.05, 0.1) is 0 Å². The molecule has 0 spiro atoms. The molecule has 0 saturated carbocycles. The molecule has 0 fully saturated rings. The number of furan rings is 1. The van der Waals surface area contributed by atoms with Gasteiger partial charge in [0.2, 0.25) is 0 Å². The Morgan fingerprint density at radius 1 is 1.37 bits per heavy atom. The predicted molar refractivity (Wildman–Crippen MR) is 78.4 cm³/mol. The van der Waals surface area contributed by atoms with Gasteiger partial charge in [-0.25, -0.2) is 0 Å². The van der Waals surface area contributed by atoms with Gasteiger partial charge >= 0.3 is 0 Å². The van der Waals surface area contributed by atoms with Gasteiger partial charge in [-0.05, 0) is 43.0 Å². The molecule has 0 bridgehead atoms. The zero-order valence-electron chi connectivity index (χ0n) is 11.2. The topological polar surface area (TPSA) is 45.4 Å². The van der Waals surface area contributed by atoms with E-state index in [0.29, 0.717) is 17.7 Å². The van der Waals surface area contributed by atoms with Gasteiger partial charge in [-0.3, -0.25) is 0 Å². The van der Waals surface area contributed by atoms with Crippen LogP contribution in [0.15, 0.2) is 28.7 Å². The van der Waals surface area contributed by atoms with Gasteiger partial charge in [0.25, 0.3) is 0 Å². The summed E-state index contributed by atoms with van der Waals surface area (Å²) in [5.41, 5.74) is 1.85. The summed E-state index contributed by atoms with van der Waals surface area (Å²) in [5, 5.41) is 13.9. The first-order valence-corrected chi connectivity index (χ1v) is 7.07. The van der Waals surface area contributed by atoms with Crippen LogP contribution in [0.25, 0.3) is 11.0 Å². The van der Waals surface area contributed by atoms with Crippen LogP contribution >= 0.6 is 11.6 Å². The van der Waals surface area contributed by atoms with Gasteiger partial charge in [-0.1, -0.05) is 25.1 Å². The van der Waals surface area contributed by atoms with E-state index in [1.165, 1.54) is 0 Å². The Hall–Kier alpha value is -1.03. The third kappa shape index (κ3) is 3.72. The first kappa shape index (κ1) is 14.4. The maximum atomic E-state index is 8.95. The van der Waals surface area contributed by atoms with E-state index in [2.05, 4.69) is 12.2 Å². The number of aliphatic hydroxyl groups excluding tert-OH is 1. The third-order valence-corrected chi connectivity index (χ3v) is 3.62. The van der Waals surface area contributed by atoms with Gasteiger partial charge < -0.3 is 14.8 Å². The predicted octanol–water partition coefficient (Wildman–Crippen LogP) is 3.58. The van der Waals surface area contributed by atoms with Crippen molar-refractivity contribution in [3.63, 3.8) is 0 Å². The van der Waals surface area contributed by atoms with E-state index in [1.54, 1.807) is 0 Å². The maximum absolute atomic E-state index is 8.95. The molecular formula is C15H20ClNO2. The summed E-state index contributed by atoms with van der Waals surface area (Å²) in [6.45, 7) is 3.95. The molecule has 4 heteroatoms. The highest BCUT2D eigenvalue weighted by atomic mass is 35.5. The molecule has 0 aliphatic heterocycles. The second-order valence-corrected chi connectivity index (χ2v) is 5.30. The molecule has 0 saturated heterocycles. The van der Waals surface area contributed by atoms with Gasteiger partial charge in [0.15, 0.2) is 5.22 Å². The summed E-state index contributed by atoms with van der Waals surface area (Å²) in [7, 11) is 0. The maximum Gasteiger partial charge on any atom is 0.199 e. The Bertz CT molecular complexity index is 524. The number of rotatable bonds is 7. The van der Waals surface area contributed by atoms with E-state index in [9.17, 15) is 0 Å². The van der Waals surface area contributed by atoms with Crippen LogP contribution in [0.1, 0.15) is 25.3 Å². The van der Waals surface area contributed by atoms with Crippen molar-refractivity contribution in [2.24, 2.45) is 5.92 Å². The van der Waals surface area contributed by atoms with Gasteiger partial charge in [0.1, 0.15) is 5.58 Å². The summed E-state index contributed by atoms with van der Waals surface area (Å²) in [6.07, 6.45) is 2.08. The molecule has 1 atom stereocenters.